The molecule has 0 bridgehead atoms. The molecule has 8 nitrogen and oxygen atoms in total. The van der Waals surface area contributed by atoms with Crippen molar-refractivity contribution < 1.29 is 32.9 Å². The van der Waals surface area contributed by atoms with Crippen molar-refractivity contribution in [2.45, 2.75) is 302 Å². The molecule has 0 aromatic heterocycles. The molecule has 3 unspecified atom stereocenters. The molecule has 0 aliphatic carbocycles. The first-order valence-electron chi connectivity index (χ1n) is 31.2. The summed E-state index contributed by atoms with van der Waals surface area (Å²) in [4.78, 5) is 23.3. The lowest BCUT2D eigenvalue weighted by Gasteiger charge is -2.25. The van der Waals surface area contributed by atoms with Gasteiger partial charge in [-0.3, -0.25) is 13.8 Å². The predicted molar refractivity (Wildman–Crippen MR) is 318 cm³/mol. The summed E-state index contributed by atoms with van der Waals surface area (Å²) in [6.45, 7) is 4.78. The molecule has 0 saturated carbocycles. The molecule has 0 aromatic rings. The monoisotopic (exact) mass is 1050 g/mol. The molecular formula is C64H122N2O6P+. The number of phosphoric acid groups is 1. The van der Waals surface area contributed by atoms with Crippen LogP contribution in [0.15, 0.2) is 60.8 Å². The van der Waals surface area contributed by atoms with Crippen molar-refractivity contribution in [1.82, 2.24) is 5.32 Å². The summed E-state index contributed by atoms with van der Waals surface area (Å²) in [7, 11) is 1.54. The maximum Gasteiger partial charge on any atom is 0.472 e. The molecule has 3 N–H and O–H groups in total. The minimum atomic E-state index is -4.36. The molecular weight excluding hydrogens is 924 g/mol. The topological polar surface area (TPSA) is 105 Å². The number of quaternary nitrogens is 1. The minimum Gasteiger partial charge on any atom is -0.387 e. The van der Waals surface area contributed by atoms with E-state index >= 15 is 0 Å². The third-order valence-corrected chi connectivity index (χ3v) is 14.9. The Bertz CT molecular complexity index is 1370. The second kappa shape index (κ2) is 55.0. The molecule has 0 fully saturated rings. The number of nitrogens with zero attached hydrogens (tertiary/aromatic N) is 1. The number of rotatable bonds is 57. The Hall–Kier alpha value is -1.80. The standard InChI is InChI=1S/C64H121N2O6P/c1-6-8-10-12-14-16-18-20-22-24-26-27-28-29-30-31-32-33-34-35-36-37-38-40-41-43-45-47-49-51-53-55-57-63(67)62(61-72-73(69,70)71-60-59-66(3,4)5)65-64(68)58-56-54-52-50-48-46-44-42-39-25-23-21-19-17-15-13-11-9-7-2/h15,17,21,23,40-41,47,49,55,57,62-63,67H,6-14,16,18-20,22,24-39,42-46,48,50-54,56,58-61H2,1-5H3,(H-,65,68,69,70)/p+1/b17-15-,23-21-,41-40+,49-47+,57-55+. The van der Waals surface area contributed by atoms with Crippen LogP contribution in [0.25, 0.3) is 0 Å². The van der Waals surface area contributed by atoms with Gasteiger partial charge in [0.05, 0.1) is 39.9 Å². The lowest BCUT2D eigenvalue weighted by atomic mass is 10.0. The molecule has 0 saturated heterocycles. The summed E-state index contributed by atoms with van der Waals surface area (Å²) in [6.07, 6.45) is 74.9. The van der Waals surface area contributed by atoms with E-state index in [2.05, 4.69) is 67.8 Å². The maximum absolute atomic E-state index is 13.0. The van der Waals surface area contributed by atoms with Crippen LogP contribution in [0.1, 0.15) is 290 Å². The Morgan fingerprint density at radius 2 is 0.795 bits per heavy atom. The lowest BCUT2D eigenvalue weighted by molar-refractivity contribution is -0.870. The third-order valence-electron chi connectivity index (χ3n) is 13.9. The van der Waals surface area contributed by atoms with E-state index in [0.717, 1.165) is 51.4 Å². The first-order chi connectivity index (χ1) is 35.5. The highest BCUT2D eigenvalue weighted by molar-refractivity contribution is 7.47. The van der Waals surface area contributed by atoms with Crippen molar-refractivity contribution >= 4 is 13.7 Å². The van der Waals surface area contributed by atoms with Crippen molar-refractivity contribution in [3.05, 3.63) is 60.8 Å². The van der Waals surface area contributed by atoms with E-state index in [9.17, 15) is 19.4 Å². The number of amides is 1. The van der Waals surface area contributed by atoms with Crippen LogP contribution in [0.5, 0.6) is 0 Å². The fraction of sp³-hybridized carbons (Fsp3) is 0.828. The van der Waals surface area contributed by atoms with Crippen LogP contribution in [-0.2, 0) is 18.4 Å². The van der Waals surface area contributed by atoms with Crippen molar-refractivity contribution in [1.29, 1.82) is 0 Å². The second-order valence-corrected chi connectivity index (χ2v) is 23.9. The average Bonchev–Trinajstić information content (AvgIpc) is 3.35. The molecule has 0 radical (unpaired) electrons. The highest BCUT2D eigenvalue weighted by Gasteiger charge is 2.27. The molecule has 73 heavy (non-hydrogen) atoms. The molecule has 428 valence electrons. The zero-order valence-electron chi connectivity index (χ0n) is 48.9. The number of aliphatic hydroxyl groups excluding tert-OH is 1. The van der Waals surface area contributed by atoms with E-state index in [1.807, 2.05) is 27.2 Å². The van der Waals surface area contributed by atoms with Gasteiger partial charge in [0.1, 0.15) is 13.2 Å². The summed E-state index contributed by atoms with van der Waals surface area (Å²) in [5.74, 6) is -0.195. The largest absolute Gasteiger partial charge is 0.472 e. The predicted octanol–water partition coefficient (Wildman–Crippen LogP) is 19.3. The number of nitrogens with one attached hydrogen (secondary N) is 1. The fourth-order valence-electron chi connectivity index (χ4n) is 9.05. The quantitative estimate of drug-likeness (QED) is 0.0243. The number of unbranched alkanes of at least 4 members (excludes halogenated alkanes) is 36. The molecule has 0 heterocycles. The van der Waals surface area contributed by atoms with Gasteiger partial charge >= 0.3 is 7.82 Å². The number of carbonyl (C=O) groups is 1. The molecule has 0 spiro atoms. The summed E-state index contributed by atoms with van der Waals surface area (Å²) in [6, 6.07) is -0.875. The van der Waals surface area contributed by atoms with Gasteiger partial charge in [-0.1, -0.05) is 267 Å². The van der Waals surface area contributed by atoms with E-state index in [1.165, 1.54) is 218 Å². The van der Waals surface area contributed by atoms with Crippen LogP contribution in [0.4, 0.5) is 0 Å². The molecule has 1 amide bonds. The zero-order chi connectivity index (χ0) is 53.5. The Labute approximate surface area is 453 Å². The average molecular weight is 1050 g/mol. The Kier molecular flexibility index (Phi) is 53.6. The fourth-order valence-corrected chi connectivity index (χ4v) is 9.78. The molecule has 0 aliphatic heterocycles. The lowest BCUT2D eigenvalue weighted by Crippen LogP contribution is -2.45. The van der Waals surface area contributed by atoms with E-state index < -0.39 is 20.0 Å². The Morgan fingerprint density at radius 1 is 0.466 bits per heavy atom. The minimum absolute atomic E-state index is 0.0510. The highest BCUT2D eigenvalue weighted by Crippen LogP contribution is 2.43. The normalized spacial score (nSPS) is 14.2. The number of hydrogen-bond donors (Lipinski definition) is 3. The number of hydrogen-bond acceptors (Lipinski definition) is 5. The summed E-state index contributed by atoms with van der Waals surface area (Å²) >= 11 is 0. The van der Waals surface area contributed by atoms with E-state index in [0.29, 0.717) is 17.4 Å². The Morgan fingerprint density at radius 3 is 1.21 bits per heavy atom. The van der Waals surface area contributed by atoms with Crippen molar-refractivity contribution in [3.63, 3.8) is 0 Å². The molecule has 9 heteroatoms. The van der Waals surface area contributed by atoms with Gasteiger partial charge in [0.15, 0.2) is 0 Å². The number of allylic oxidation sites excluding steroid dienone is 9. The van der Waals surface area contributed by atoms with E-state index in [-0.39, 0.29) is 19.1 Å². The molecule has 0 aliphatic rings. The van der Waals surface area contributed by atoms with Crippen LogP contribution in [0.3, 0.4) is 0 Å². The zero-order valence-corrected chi connectivity index (χ0v) is 49.8. The molecule has 0 rings (SSSR count). The SMILES string of the molecule is CCCCC/C=C\C/C=C\CCCCCCCCCCCC(=O)NC(COP(=O)(O)OCC[N+](C)(C)C)C(O)/C=C/CC/C=C/CC/C=C/CCCCCCCCCCCCCCCCCCCCCCCC. The van der Waals surface area contributed by atoms with Crippen LogP contribution < -0.4 is 5.32 Å². The molecule has 3 atom stereocenters. The third kappa shape index (κ3) is 57.7. The van der Waals surface area contributed by atoms with Crippen LogP contribution in [-0.4, -0.2) is 73.4 Å². The van der Waals surface area contributed by atoms with Gasteiger partial charge < -0.3 is 19.8 Å². The van der Waals surface area contributed by atoms with Gasteiger partial charge in [0, 0.05) is 6.42 Å². The van der Waals surface area contributed by atoms with Gasteiger partial charge in [0.2, 0.25) is 5.91 Å². The van der Waals surface area contributed by atoms with Crippen molar-refractivity contribution in [2.24, 2.45) is 0 Å². The van der Waals surface area contributed by atoms with Gasteiger partial charge in [-0.15, -0.1) is 0 Å². The van der Waals surface area contributed by atoms with Crippen LogP contribution in [0, 0.1) is 0 Å². The first kappa shape index (κ1) is 71.2. The maximum atomic E-state index is 13.0. The summed E-state index contributed by atoms with van der Waals surface area (Å²) in [5.41, 5.74) is 0. The number of carbonyl (C=O) groups excluding carboxylic acids is 1. The first-order valence-corrected chi connectivity index (χ1v) is 32.7. The van der Waals surface area contributed by atoms with Gasteiger partial charge in [0.25, 0.3) is 0 Å². The number of likely N-dealkylation sites (N-methyl/N-ethyl adjacent to an activating group) is 1. The summed E-state index contributed by atoms with van der Waals surface area (Å²) < 4.78 is 23.7. The number of phosphoric ester groups is 1. The van der Waals surface area contributed by atoms with Gasteiger partial charge in [-0.25, -0.2) is 4.57 Å². The Balaban J connectivity index is 4.19. The van der Waals surface area contributed by atoms with Crippen molar-refractivity contribution in [2.75, 3.05) is 40.9 Å². The van der Waals surface area contributed by atoms with Crippen molar-refractivity contribution in [3.8, 4) is 0 Å². The smallest absolute Gasteiger partial charge is 0.387 e. The van der Waals surface area contributed by atoms with Crippen LogP contribution >= 0.6 is 7.82 Å². The van der Waals surface area contributed by atoms with E-state index in [4.69, 9.17) is 9.05 Å². The van der Waals surface area contributed by atoms with Gasteiger partial charge in [-0.05, 0) is 77.0 Å². The second-order valence-electron chi connectivity index (χ2n) is 22.4. The van der Waals surface area contributed by atoms with Gasteiger partial charge in [-0.2, -0.15) is 0 Å². The molecule has 0 aromatic carbocycles. The van der Waals surface area contributed by atoms with Crippen LogP contribution in [0.2, 0.25) is 0 Å². The number of aliphatic hydroxyl groups is 1. The highest BCUT2D eigenvalue weighted by atomic mass is 31.2. The summed E-state index contributed by atoms with van der Waals surface area (Å²) in [5, 5.41) is 13.9. The van der Waals surface area contributed by atoms with E-state index in [1.54, 1.807) is 6.08 Å².